The first kappa shape index (κ1) is 18.9. The fourth-order valence-electron chi connectivity index (χ4n) is 3.76. The molecule has 2 aromatic heterocycles. The average molecular weight is 392 g/mol. The molecule has 7 heteroatoms. The second-order valence-electron chi connectivity index (χ2n) is 7.19. The van der Waals surface area contributed by atoms with Crippen LogP contribution in [0.2, 0.25) is 0 Å². The summed E-state index contributed by atoms with van der Waals surface area (Å²) in [7, 11) is 0. The van der Waals surface area contributed by atoms with Crippen molar-refractivity contribution in [1.29, 1.82) is 0 Å². The maximum atomic E-state index is 13.0. The number of nitrogens with zero attached hydrogens (tertiary/aromatic N) is 2. The zero-order valence-electron chi connectivity index (χ0n) is 16.2. The second kappa shape index (κ2) is 7.16. The maximum Gasteiger partial charge on any atom is 0.343 e. The minimum Gasteiger partial charge on any atom is -0.462 e. The number of hydrogen-bond acceptors (Lipinski definition) is 5. The monoisotopic (exact) mass is 392 g/mol. The largest absolute Gasteiger partial charge is 0.462 e. The third-order valence-corrected chi connectivity index (χ3v) is 5.29. The lowest BCUT2D eigenvalue weighted by Crippen LogP contribution is -2.25. The molecule has 1 aliphatic carbocycles. The van der Waals surface area contributed by atoms with Gasteiger partial charge in [-0.25, -0.2) is 4.79 Å². The normalized spacial score (nSPS) is 13.4. The number of benzene rings is 1. The number of rotatable bonds is 5. The topological polar surface area (TPSA) is 90.9 Å². The van der Waals surface area contributed by atoms with Gasteiger partial charge in [0.2, 0.25) is 0 Å². The van der Waals surface area contributed by atoms with Crippen LogP contribution in [0.25, 0.3) is 16.6 Å². The number of carbonyl (C=O) groups excluding carboxylic acids is 1. The number of aryl methyl sites for hydroxylation is 1. The molecule has 0 amide bonds. The summed E-state index contributed by atoms with van der Waals surface area (Å²) in [4.78, 5) is 36.0. The Morgan fingerprint density at radius 3 is 2.69 bits per heavy atom. The van der Waals surface area contributed by atoms with Crippen LogP contribution in [0.15, 0.2) is 47.4 Å². The van der Waals surface area contributed by atoms with Crippen molar-refractivity contribution in [2.75, 3.05) is 6.61 Å². The van der Waals surface area contributed by atoms with E-state index < -0.39 is 16.5 Å². The van der Waals surface area contributed by atoms with Crippen molar-refractivity contribution >= 4 is 17.2 Å². The lowest BCUT2D eigenvalue weighted by molar-refractivity contribution is -0.384. The molecule has 0 saturated heterocycles. The first-order valence-electron chi connectivity index (χ1n) is 9.53. The lowest BCUT2D eigenvalue weighted by Gasteiger charge is -2.16. The van der Waals surface area contributed by atoms with Crippen LogP contribution in [0.3, 0.4) is 0 Å². The van der Waals surface area contributed by atoms with E-state index in [1.165, 1.54) is 16.5 Å². The Balaban J connectivity index is 1.97. The molecule has 3 aromatic rings. The van der Waals surface area contributed by atoms with Gasteiger partial charge in [-0.1, -0.05) is 12.1 Å². The Labute approximate surface area is 166 Å². The van der Waals surface area contributed by atoms with E-state index in [0.717, 1.165) is 35.0 Å². The van der Waals surface area contributed by atoms with Crippen LogP contribution in [0.4, 0.5) is 5.69 Å². The minimum absolute atomic E-state index is 0.0132. The minimum atomic E-state index is -0.616. The first-order chi connectivity index (χ1) is 13.9. The molecule has 1 aliphatic rings. The van der Waals surface area contributed by atoms with Gasteiger partial charge in [-0.05, 0) is 67.0 Å². The van der Waals surface area contributed by atoms with Gasteiger partial charge in [0.25, 0.3) is 11.2 Å². The van der Waals surface area contributed by atoms with Gasteiger partial charge in [-0.3, -0.25) is 19.3 Å². The van der Waals surface area contributed by atoms with E-state index >= 15 is 0 Å². The molecule has 0 bridgehead atoms. The van der Waals surface area contributed by atoms with Crippen molar-refractivity contribution in [2.45, 2.75) is 32.6 Å². The van der Waals surface area contributed by atoms with Crippen molar-refractivity contribution in [3.8, 4) is 11.1 Å². The molecule has 0 spiro atoms. The first-order valence-corrected chi connectivity index (χ1v) is 9.53. The van der Waals surface area contributed by atoms with E-state index in [0.29, 0.717) is 5.56 Å². The van der Waals surface area contributed by atoms with Gasteiger partial charge >= 0.3 is 5.97 Å². The number of non-ortho nitro benzene ring substituents is 1. The summed E-state index contributed by atoms with van der Waals surface area (Å²) in [5.74, 6) is -0.327. The Morgan fingerprint density at radius 1 is 1.28 bits per heavy atom. The summed E-state index contributed by atoms with van der Waals surface area (Å²) >= 11 is 0. The van der Waals surface area contributed by atoms with Crippen molar-refractivity contribution in [2.24, 2.45) is 0 Å². The third-order valence-electron chi connectivity index (χ3n) is 5.29. The number of fused-ring (bicyclic) bond motifs is 1. The molecule has 1 fully saturated rings. The van der Waals surface area contributed by atoms with Crippen LogP contribution in [0.5, 0.6) is 0 Å². The summed E-state index contributed by atoms with van der Waals surface area (Å²) in [6.07, 6.45) is 3.63. The fourth-order valence-corrected chi connectivity index (χ4v) is 3.76. The number of carbonyl (C=O) groups is 1. The van der Waals surface area contributed by atoms with Crippen LogP contribution in [0.1, 0.15) is 47.2 Å². The van der Waals surface area contributed by atoms with Crippen molar-refractivity contribution in [3.05, 3.63) is 79.8 Å². The molecule has 148 valence electrons. The quantitative estimate of drug-likeness (QED) is 0.368. The highest BCUT2D eigenvalue weighted by atomic mass is 16.6. The van der Waals surface area contributed by atoms with Gasteiger partial charge in [0.05, 0.1) is 17.0 Å². The Hall–Kier alpha value is -3.48. The zero-order chi connectivity index (χ0) is 20.7. The Bertz CT molecular complexity index is 1210. The van der Waals surface area contributed by atoms with E-state index in [2.05, 4.69) is 0 Å². The van der Waals surface area contributed by atoms with Crippen LogP contribution < -0.4 is 5.56 Å². The molecule has 2 heterocycles. The number of nitro benzene ring substituents is 1. The molecule has 0 aliphatic heterocycles. The number of pyridine rings is 2. The Morgan fingerprint density at radius 2 is 2.03 bits per heavy atom. The molecule has 0 unspecified atom stereocenters. The predicted molar refractivity (Wildman–Crippen MR) is 108 cm³/mol. The van der Waals surface area contributed by atoms with E-state index in [9.17, 15) is 19.7 Å². The van der Waals surface area contributed by atoms with Gasteiger partial charge in [0, 0.05) is 18.3 Å². The summed E-state index contributed by atoms with van der Waals surface area (Å²) < 4.78 is 6.55. The number of aromatic nitrogens is 1. The van der Waals surface area contributed by atoms with Crippen molar-refractivity contribution in [3.63, 3.8) is 0 Å². The molecule has 1 aromatic carbocycles. The number of hydrogen-bond donors (Lipinski definition) is 0. The van der Waals surface area contributed by atoms with Gasteiger partial charge in [0.1, 0.15) is 5.56 Å². The highest BCUT2D eigenvalue weighted by Crippen LogP contribution is 2.43. The van der Waals surface area contributed by atoms with Gasteiger partial charge in [-0.2, -0.15) is 0 Å². The number of ether oxygens (including phenoxy) is 1. The Kier molecular flexibility index (Phi) is 4.66. The van der Waals surface area contributed by atoms with Crippen LogP contribution >= 0.6 is 0 Å². The molecule has 0 N–H and O–H groups in total. The maximum absolute atomic E-state index is 13.0. The van der Waals surface area contributed by atoms with Crippen molar-refractivity contribution < 1.29 is 14.5 Å². The van der Waals surface area contributed by atoms with Crippen LogP contribution in [-0.2, 0) is 4.74 Å². The fraction of sp³-hybridized carbons (Fsp3) is 0.273. The van der Waals surface area contributed by atoms with E-state index in [-0.39, 0.29) is 23.8 Å². The lowest BCUT2D eigenvalue weighted by atomic mass is 9.96. The molecule has 0 atom stereocenters. The van der Waals surface area contributed by atoms with Gasteiger partial charge in [-0.15, -0.1) is 0 Å². The summed E-state index contributed by atoms with van der Waals surface area (Å²) in [5.41, 5.74) is 3.71. The van der Waals surface area contributed by atoms with Gasteiger partial charge < -0.3 is 4.74 Å². The molecule has 29 heavy (non-hydrogen) atoms. The smallest absolute Gasteiger partial charge is 0.343 e. The van der Waals surface area contributed by atoms with Crippen LogP contribution in [-0.4, -0.2) is 21.9 Å². The van der Waals surface area contributed by atoms with Crippen molar-refractivity contribution in [1.82, 2.24) is 4.40 Å². The third kappa shape index (κ3) is 3.29. The van der Waals surface area contributed by atoms with E-state index in [4.69, 9.17) is 4.74 Å². The standard InChI is InChI=1S/C22H20N2O5/c1-3-29-22(26)19-12-18(14-7-8-14)20-13(2)17(9-10-23(20)21(19)25)15-5-4-6-16(11-15)24(27)28/h4-6,9-12,14H,3,7-8H2,1-2H3. The molecule has 4 rings (SSSR count). The average Bonchev–Trinajstić information content (AvgIpc) is 3.54. The molecular formula is C22H20N2O5. The highest BCUT2D eigenvalue weighted by molar-refractivity contribution is 5.91. The molecule has 1 saturated carbocycles. The molecular weight excluding hydrogens is 372 g/mol. The highest BCUT2D eigenvalue weighted by Gasteiger charge is 2.29. The second-order valence-corrected chi connectivity index (χ2v) is 7.19. The molecule has 7 nitrogen and oxygen atoms in total. The van der Waals surface area contributed by atoms with Crippen LogP contribution in [0, 0.1) is 17.0 Å². The van der Waals surface area contributed by atoms with Gasteiger partial charge in [0.15, 0.2) is 0 Å². The summed E-state index contributed by atoms with van der Waals surface area (Å²) in [6, 6.07) is 9.86. The summed E-state index contributed by atoms with van der Waals surface area (Å²) in [6.45, 7) is 3.80. The van der Waals surface area contributed by atoms with E-state index in [1.807, 2.05) is 13.0 Å². The number of nitro groups is 1. The van der Waals surface area contributed by atoms with E-state index in [1.54, 1.807) is 31.3 Å². The SMILES string of the molecule is CCOC(=O)c1cc(C2CC2)c2c(C)c(-c3cccc([N+](=O)[O-])c3)ccn2c1=O. The number of esters is 1. The molecule has 0 radical (unpaired) electrons. The summed E-state index contributed by atoms with van der Waals surface area (Å²) in [5, 5.41) is 11.1. The predicted octanol–water partition coefficient (Wildman–Crippen LogP) is 4.24. The zero-order valence-corrected chi connectivity index (χ0v) is 16.2.